The van der Waals surface area contributed by atoms with Gasteiger partial charge in [-0.15, -0.1) is 0 Å². The van der Waals surface area contributed by atoms with Crippen molar-refractivity contribution in [2.45, 2.75) is 19.9 Å². The summed E-state index contributed by atoms with van der Waals surface area (Å²) in [5, 5.41) is 2.57. The van der Waals surface area contributed by atoms with E-state index in [1.54, 1.807) is 0 Å². The molecule has 0 radical (unpaired) electrons. The molecule has 0 saturated carbocycles. The van der Waals surface area contributed by atoms with Crippen molar-refractivity contribution in [2.24, 2.45) is 21.5 Å². The minimum absolute atomic E-state index is 0.00943. The third kappa shape index (κ3) is 4.36. The molecule has 0 fully saturated rings. The quantitative estimate of drug-likeness (QED) is 0.551. The van der Waals surface area contributed by atoms with Gasteiger partial charge in [0.25, 0.3) is 0 Å². The third-order valence-corrected chi connectivity index (χ3v) is 1.82. The third-order valence-electron chi connectivity index (χ3n) is 1.82. The number of nitrogens with zero attached hydrogens (tertiary/aromatic N) is 2. The monoisotopic (exact) mass is 255 g/mol. The fourth-order valence-corrected chi connectivity index (χ4v) is 1.17. The van der Waals surface area contributed by atoms with Crippen molar-refractivity contribution in [3.63, 3.8) is 0 Å². The van der Waals surface area contributed by atoms with Crippen molar-refractivity contribution in [1.29, 1.82) is 0 Å². The fraction of sp³-hybridized carbons (Fsp3) is 0.273. The Balaban J connectivity index is 2.78. The van der Waals surface area contributed by atoms with Crippen molar-refractivity contribution < 1.29 is 8.78 Å². The molecule has 0 saturated heterocycles. The number of anilines is 1. The summed E-state index contributed by atoms with van der Waals surface area (Å²) >= 11 is 0. The van der Waals surface area contributed by atoms with Crippen LogP contribution in [0.1, 0.15) is 13.8 Å². The number of rotatable bonds is 2. The van der Waals surface area contributed by atoms with Gasteiger partial charge in [-0.05, 0) is 26.0 Å². The van der Waals surface area contributed by atoms with Crippen LogP contribution in [0.25, 0.3) is 0 Å². The van der Waals surface area contributed by atoms with Gasteiger partial charge in [0.2, 0.25) is 11.9 Å². The summed E-state index contributed by atoms with van der Waals surface area (Å²) in [5.41, 5.74) is 11.3. The second-order valence-corrected chi connectivity index (χ2v) is 3.83. The van der Waals surface area contributed by atoms with Crippen LogP contribution in [0.15, 0.2) is 28.2 Å². The maximum absolute atomic E-state index is 12.9. The lowest BCUT2D eigenvalue weighted by Crippen LogP contribution is -2.26. The molecule has 5 N–H and O–H groups in total. The molecule has 5 nitrogen and oxygen atoms in total. The van der Waals surface area contributed by atoms with Crippen molar-refractivity contribution in [1.82, 2.24) is 0 Å². The summed E-state index contributed by atoms with van der Waals surface area (Å²) in [4.78, 5) is 7.70. The highest BCUT2D eigenvalue weighted by Crippen LogP contribution is 2.12. The molecule has 0 spiro atoms. The van der Waals surface area contributed by atoms with Crippen LogP contribution in [0.2, 0.25) is 0 Å². The molecule has 0 aromatic heterocycles. The lowest BCUT2D eigenvalue weighted by atomic mass is 10.3. The molecule has 0 bridgehead atoms. The van der Waals surface area contributed by atoms with Gasteiger partial charge < -0.3 is 16.8 Å². The Labute approximate surface area is 104 Å². The standard InChI is InChI=1S/C11H15F2N5/c1-6(2)16-10(14)18-11(15)17-7-3-4-8(12)9(13)5-7/h3-6H,1-2H3,(H5,14,15,16,17,18). The molecule has 1 aromatic rings. The SMILES string of the molecule is CC(C)N=C(N)/N=C(\N)Nc1ccc(F)c(F)c1. The first-order valence-electron chi connectivity index (χ1n) is 5.28. The molecule has 98 valence electrons. The van der Waals surface area contributed by atoms with E-state index in [9.17, 15) is 8.78 Å². The minimum atomic E-state index is -0.975. The van der Waals surface area contributed by atoms with Crippen LogP contribution in [0.4, 0.5) is 14.5 Å². The first kappa shape index (κ1) is 13.9. The minimum Gasteiger partial charge on any atom is -0.369 e. The molecular formula is C11H15F2N5. The summed E-state index contributed by atoms with van der Waals surface area (Å²) < 4.78 is 25.6. The Morgan fingerprint density at radius 1 is 1.22 bits per heavy atom. The summed E-state index contributed by atoms with van der Waals surface area (Å²) in [6.07, 6.45) is 0. The van der Waals surface area contributed by atoms with Crippen LogP contribution in [0.3, 0.4) is 0 Å². The Bertz CT molecular complexity index is 482. The smallest absolute Gasteiger partial charge is 0.218 e. The molecule has 0 atom stereocenters. The molecule has 1 aromatic carbocycles. The van der Waals surface area contributed by atoms with Gasteiger partial charge in [-0.1, -0.05) is 0 Å². The van der Waals surface area contributed by atoms with Crippen molar-refractivity contribution in [2.75, 3.05) is 5.32 Å². The highest BCUT2D eigenvalue weighted by molar-refractivity contribution is 6.00. The van der Waals surface area contributed by atoms with E-state index in [1.165, 1.54) is 6.07 Å². The van der Waals surface area contributed by atoms with Crippen LogP contribution in [0.5, 0.6) is 0 Å². The lowest BCUT2D eigenvalue weighted by Gasteiger charge is -2.06. The second kappa shape index (κ2) is 5.95. The van der Waals surface area contributed by atoms with E-state index >= 15 is 0 Å². The average molecular weight is 255 g/mol. The van der Waals surface area contributed by atoms with E-state index in [1.807, 2.05) is 13.8 Å². The highest BCUT2D eigenvalue weighted by atomic mass is 19.2. The first-order chi connectivity index (χ1) is 8.38. The molecule has 0 aliphatic carbocycles. The van der Waals surface area contributed by atoms with Gasteiger partial charge in [0, 0.05) is 17.8 Å². The summed E-state index contributed by atoms with van der Waals surface area (Å²) in [7, 11) is 0. The topological polar surface area (TPSA) is 88.8 Å². The van der Waals surface area contributed by atoms with E-state index in [2.05, 4.69) is 15.3 Å². The van der Waals surface area contributed by atoms with Gasteiger partial charge in [0.1, 0.15) is 0 Å². The second-order valence-electron chi connectivity index (χ2n) is 3.83. The van der Waals surface area contributed by atoms with Gasteiger partial charge in [0.05, 0.1) is 0 Å². The summed E-state index contributed by atoms with van der Waals surface area (Å²) in [6.45, 7) is 3.67. The molecule has 18 heavy (non-hydrogen) atoms. The number of halogens is 2. The number of nitrogens with two attached hydrogens (primary N) is 2. The van der Waals surface area contributed by atoms with Crippen molar-refractivity contribution in [3.8, 4) is 0 Å². The molecule has 0 amide bonds. The predicted octanol–water partition coefficient (Wildman–Crippen LogP) is 1.41. The molecule has 1 rings (SSSR count). The van der Waals surface area contributed by atoms with Gasteiger partial charge in [-0.2, -0.15) is 4.99 Å². The number of hydrogen-bond acceptors (Lipinski definition) is 1. The molecule has 7 heteroatoms. The summed E-state index contributed by atoms with van der Waals surface area (Å²) in [5.74, 6) is -1.95. The zero-order valence-electron chi connectivity index (χ0n) is 10.1. The predicted molar refractivity (Wildman–Crippen MR) is 68.4 cm³/mol. The highest BCUT2D eigenvalue weighted by Gasteiger charge is 2.03. The number of guanidine groups is 2. The molecular weight excluding hydrogens is 240 g/mol. The number of aliphatic imine (C=N–C) groups is 2. The van der Waals surface area contributed by atoms with Crippen LogP contribution >= 0.6 is 0 Å². The maximum atomic E-state index is 12.9. The zero-order valence-corrected chi connectivity index (χ0v) is 10.1. The normalized spacial score (nSPS) is 12.9. The Morgan fingerprint density at radius 2 is 1.89 bits per heavy atom. The number of nitrogens with one attached hydrogen (secondary N) is 1. The van der Waals surface area contributed by atoms with Crippen LogP contribution in [-0.4, -0.2) is 18.0 Å². The Hall–Kier alpha value is -2.18. The van der Waals surface area contributed by atoms with Crippen LogP contribution in [0, 0.1) is 11.6 Å². The fourth-order valence-electron chi connectivity index (χ4n) is 1.17. The van der Waals surface area contributed by atoms with Gasteiger partial charge in [-0.25, -0.2) is 13.8 Å². The largest absolute Gasteiger partial charge is 0.369 e. The van der Waals surface area contributed by atoms with Crippen LogP contribution < -0.4 is 16.8 Å². The Morgan fingerprint density at radius 3 is 2.44 bits per heavy atom. The zero-order chi connectivity index (χ0) is 13.7. The maximum Gasteiger partial charge on any atom is 0.218 e. The molecule has 0 unspecified atom stereocenters. The van der Waals surface area contributed by atoms with Crippen LogP contribution in [-0.2, 0) is 0 Å². The van der Waals surface area contributed by atoms with E-state index in [0.717, 1.165) is 12.1 Å². The van der Waals surface area contributed by atoms with E-state index in [0.29, 0.717) is 0 Å². The summed E-state index contributed by atoms with van der Waals surface area (Å²) in [6, 6.07) is 3.27. The van der Waals surface area contributed by atoms with Crippen molar-refractivity contribution >= 4 is 17.6 Å². The Kier molecular flexibility index (Phi) is 4.59. The molecule has 0 aliphatic heterocycles. The van der Waals surface area contributed by atoms with Gasteiger partial charge in [-0.3, -0.25) is 0 Å². The van der Waals surface area contributed by atoms with Gasteiger partial charge >= 0.3 is 0 Å². The van der Waals surface area contributed by atoms with E-state index < -0.39 is 11.6 Å². The number of benzene rings is 1. The van der Waals surface area contributed by atoms with E-state index in [4.69, 9.17) is 11.5 Å². The average Bonchev–Trinajstić information content (AvgIpc) is 2.21. The van der Waals surface area contributed by atoms with Gasteiger partial charge in [0.15, 0.2) is 11.6 Å². The first-order valence-corrected chi connectivity index (χ1v) is 5.28. The lowest BCUT2D eigenvalue weighted by molar-refractivity contribution is 0.509. The van der Waals surface area contributed by atoms with E-state index in [-0.39, 0.29) is 23.6 Å². The van der Waals surface area contributed by atoms with Crippen molar-refractivity contribution in [3.05, 3.63) is 29.8 Å². The number of hydrogen-bond donors (Lipinski definition) is 3. The molecule has 0 heterocycles. The molecule has 0 aliphatic rings.